The zero-order valence-electron chi connectivity index (χ0n) is 11.4. The van der Waals surface area contributed by atoms with Gasteiger partial charge in [0.2, 0.25) is 0 Å². The third kappa shape index (κ3) is 4.07. The van der Waals surface area contributed by atoms with Crippen LogP contribution in [0.25, 0.3) is 0 Å². The summed E-state index contributed by atoms with van der Waals surface area (Å²) in [4.78, 5) is 14.2. The van der Waals surface area contributed by atoms with E-state index in [0.717, 1.165) is 13.0 Å². The Labute approximate surface area is 108 Å². The number of hydrogen-bond donors (Lipinski definition) is 1. The Morgan fingerprint density at radius 2 is 2.17 bits per heavy atom. The first-order valence-electron chi connectivity index (χ1n) is 6.26. The topological polar surface area (TPSA) is 72.1 Å². The number of nitrogens with two attached hydrogens (primary N) is 1. The van der Waals surface area contributed by atoms with Gasteiger partial charge >= 0.3 is 0 Å². The van der Waals surface area contributed by atoms with Crippen molar-refractivity contribution >= 4 is 5.91 Å². The van der Waals surface area contributed by atoms with E-state index in [1.54, 1.807) is 6.07 Å². The standard InChI is InChI=1S/C13H22N4O/c1-4-7-17(10-13(2,3)9-14)12(18)11-5-6-15-16-8-11/h5-6,8H,4,7,9-10,14H2,1-3H3. The molecule has 1 aromatic heterocycles. The highest BCUT2D eigenvalue weighted by Gasteiger charge is 2.24. The summed E-state index contributed by atoms with van der Waals surface area (Å²) in [7, 11) is 0. The van der Waals surface area contributed by atoms with Crippen LogP contribution in [-0.2, 0) is 0 Å². The molecule has 2 N–H and O–H groups in total. The van der Waals surface area contributed by atoms with Gasteiger partial charge in [0.15, 0.2) is 0 Å². The lowest BCUT2D eigenvalue weighted by Gasteiger charge is -2.31. The molecule has 1 heterocycles. The first kappa shape index (κ1) is 14.6. The highest BCUT2D eigenvalue weighted by molar-refractivity contribution is 5.93. The number of nitrogens with zero attached hydrogens (tertiary/aromatic N) is 3. The first-order valence-corrected chi connectivity index (χ1v) is 6.26. The summed E-state index contributed by atoms with van der Waals surface area (Å²) in [5, 5.41) is 7.43. The van der Waals surface area contributed by atoms with E-state index in [1.165, 1.54) is 12.4 Å². The summed E-state index contributed by atoms with van der Waals surface area (Å²) < 4.78 is 0. The fourth-order valence-electron chi connectivity index (χ4n) is 1.70. The normalized spacial score (nSPS) is 11.3. The van der Waals surface area contributed by atoms with Crippen LogP contribution in [0.3, 0.4) is 0 Å². The molecule has 0 aliphatic rings. The predicted molar refractivity (Wildman–Crippen MR) is 71.1 cm³/mol. The smallest absolute Gasteiger partial charge is 0.255 e. The molecule has 0 saturated heterocycles. The number of hydrogen-bond acceptors (Lipinski definition) is 4. The molecule has 1 aromatic rings. The molecule has 0 saturated carbocycles. The Morgan fingerprint density at radius 3 is 2.67 bits per heavy atom. The second-order valence-corrected chi connectivity index (χ2v) is 5.23. The molecule has 100 valence electrons. The van der Waals surface area contributed by atoms with Gasteiger partial charge in [-0.25, -0.2) is 0 Å². The summed E-state index contributed by atoms with van der Waals surface area (Å²) in [6.45, 7) is 8.11. The first-order chi connectivity index (χ1) is 8.50. The molecule has 0 atom stereocenters. The highest BCUT2D eigenvalue weighted by atomic mass is 16.2. The zero-order valence-corrected chi connectivity index (χ0v) is 11.4. The van der Waals surface area contributed by atoms with Crippen molar-refractivity contribution in [3.63, 3.8) is 0 Å². The zero-order chi connectivity index (χ0) is 13.6. The van der Waals surface area contributed by atoms with E-state index >= 15 is 0 Å². The van der Waals surface area contributed by atoms with E-state index in [2.05, 4.69) is 31.0 Å². The van der Waals surface area contributed by atoms with Crippen molar-refractivity contribution in [2.45, 2.75) is 27.2 Å². The SMILES string of the molecule is CCCN(CC(C)(C)CN)C(=O)c1ccnnc1. The van der Waals surface area contributed by atoms with Crippen LogP contribution in [-0.4, -0.2) is 40.6 Å². The second kappa shape index (κ2) is 6.44. The van der Waals surface area contributed by atoms with Crippen LogP contribution in [0.4, 0.5) is 0 Å². The number of aromatic nitrogens is 2. The fraction of sp³-hybridized carbons (Fsp3) is 0.615. The Bertz CT molecular complexity index is 378. The molecule has 0 fully saturated rings. The van der Waals surface area contributed by atoms with Crippen molar-refractivity contribution in [2.75, 3.05) is 19.6 Å². The molecule has 0 bridgehead atoms. The van der Waals surface area contributed by atoms with Gasteiger partial charge in [-0.3, -0.25) is 4.79 Å². The molecular formula is C13H22N4O. The van der Waals surface area contributed by atoms with Gasteiger partial charge in [-0.1, -0.05) is 20.8 Å². The van der Waals surface area contributed by atoms with E-state index in [1.807, 2.05) is 4.90 Å². The Hall–Kier alpha value is -1.49. The minimum Gasteiger partial charge on any atom is -0.338 e. The molecule has 0 aromatic carbocycles. The summed E-state index contributed by atoms with van der Waals surface area (Å²) in [5.41, 5.74) is 6.23. The molecule has 5 heteroatoms. The molecule has 1 rings (SSSR count). The summed E-state index contributed by atoms with van der Waals surface area (Å²) in [5.74, 6) is -0.00623. The predicted octanol–water partition coefficient (Wildman–Crippen LogP) is 1.31. The molecule has 1 amide bonds. The Balaban J connectivity index is 2.82. The van der Waals surface area contributed by atoms with Crippen LogP contribution >= 0.6 is 0 Å². The van der Waals surface area contributed by atoms with Crippen LogP contribution < -0.4 is 5.73 Å². The maximum absolute atomic E-state index is 12.3. The van der Waals surface area contributed by atoms with Crippen LogP contribution in [0.2, 0.25) is 0 Å². The molecule has 0 unspecified atom stereocenters. The Morgan fingerprint density at radius 1 is 1.44 bits per heavy atom. The lowest BCUT2D eigenvalue weighted by molar-refractivity contribution is 0.0689. The molecule has 18 heavy (non-hydrogen) atoms. The monoisotopic (exact) mass is 250 g/mol. The molecule has 0 aliphatic carbocycles. The van der Waals surface area contributed by atoms with Crippen molar-refractivity contribution in [1.29, 1.82) is 0 Å². The third-order valence-corrected chi connectivity index (χ3v) is 2.78. The van der Waals surface area contributed by atoms with E-state index < -0.39 is 0 Å². The number of rotatable bonds is 6. The van der Waals surface area contributed by atoms with Gasteiger partial charge in [0.05, 0.1) is 18.0 Å². The average molecular weight is 250 g/mol. The molecule has 5 nitrogen and oxygen atoms in total. The van der Waals surface area contributed by atoms with Crippen LogP contribution in [0.1, 0.15) is 37.6 Å². The second-order valence-electron chi connectivity index (χ2n) is 5.23. The minimum atomic E-state index is -0.0781. The molecular weight excluding hydrogens is 228 g/mol. The van der Waals surface area contributed by atoms with E-state index in [0.29, 0.717) is 18.7 Å². The largest absolute Gasteiger partial charge is 0.338 e. The minimum absolute atomic E-state index is 0.00623. The summed E-state index contributed by atoms with van der Waals surface area (Å²) in [6, 6.07) is 1.69. The van der Waals surface area contributed by atoms with Gasteiger partial charge in [0.1, 0.15) is 0 Å². The lowest BCUT2D eigenvalue weighted by Crippen LogP contribution is -2.42. The summed E-state index contributed by atoms with van der Waals surface area (Å²) >= 11 is 0. The molecule has 0 spiro atoms. The number of carbonyl (C=O) groups is 1. The van der Waals surface area contributed by atoms with Gasteiger partial charge in [-0.2, -0.15) is 10.2 Å². The lowest BCUT2D eigenvalue weighted by atomic mass is 9.93. The van der Waals surface area contributed by atoms with E-state index in [9.17, 15) is 4.79 Å². The van der Waals surface area contributed by atoms with Gasteiger partial charge < -0.3 is 10.6 Å². The third-order valence-electron chi connectivity index (χ3n) is 2.78. The average Bonchev–Trinajstić information content (AvgIpc) is 2.38. The van der Waals surface area contributed by atoms with E-state index in [4.69, 9.17) is 5.73 Å². The van der Waals surface area contributed by atoms with Crippen LogP contribution in [0.15, 0.2) is 18.5 Å². The van der Waals surface area contributed by atoms with Gasteiger partial charge in [0, 0.05) is 13.1 Å². The maximum atomic E-state index is 12.3. The van der Waals surface area contributed by atoms with Crippen molar-refractivity contribution in [2.24, 2.45) is 11.1 Å². The van der Waals surface area contributed by atoms with Crippen molar-refractivity contribution in [1.82, 2.24) is 15.1 Å². The summed E-state index contributed by atoms with van der Waals surface area (Å²) in [6.07, 6.45) is 3.96. The Kier molecular flexibility index (Phi) is 5.22. The van der Waals surface area contributed by atoms with Crippen molar-refractivity contribution in [3.05, 3.63) is 24.0 Å². The van der Waals surface area contributed by atoms with Gasteiger partial charge in [-0.15, -0.1) is 0 Å². The van der Waals surface area contributed by atoms with Gasteiger partial charge in [-0.05, 0) is 24.4 Å². The van der Waals surface area contributed by atoms with Crippen molar-refractivity contribution in [3.8, 4) is 0 Å². The van der Waals surface area contributed by atoms with Crippen molar-refractivity contribution < 1.29 is 4.79 Å². The van der Waals surface area contributed by atoms with E-state index in [-0.39, 0.29) is 11.3 Å². The highest BCUT2D eigenvalue weighted by Crippen LogP contribution is 2.16. The van der Waals surface area contributed by atoms with Crippen LogP contribution in [0, 0.1) is 5.41 Å². The maximum Gasteiger partial charge on any atom is 0.255 e. The quantitative estimate of drug-likeness (QED) is 0.826. The number of carbonyl (C=O) groups excluding carboxylic acids is 1. The molecule has 0 radical (unpaired) electrons. The number of amides is 1. The van der Waals surface area contributed by atoms with Crippen LogP contribution in [0.5, 0.6) is 0 Å². The molecule has 0 aliphatic heterocycles. The van der Waals surface area contributed by atoms with Gasteiger partial charge in [0.25, 0.3) is 5.91 Å². The fourth-order valence-corrected chi connectivity index (χ4v) is 1.70.